The molecule has 2 rings (SSSR count). The molecule has 0 saturated carbocycles. The van der Waals surface area contributed by atoms with Gasteiger partial charge in [0.1, 0.15) is 5.75 Å². The molecule has 0 saturated heterocycles. The van der Waals surface area contributed by atoms with Gasteiger partial charge in [0.15, 0.2) is 5.60 Å². The maximum absolute atomic E-state index is 11.8. The molecule has 1 aromatic carbocycles. The van der Waals surface area contributed by atoms with E-state index in [0.717, 1.165) is 11.3 Å². The number of pyridine rings is 1. The fourth-order valence-corrected chi connectivity index (χ4v) is 1.87. The van der Waals surface area contributed by atoms with Gasteiger partial charge in [-0.1, -0.05) is 6.07 Å². The van der Waals surface area contributed by atoms with E-state index in [0.29, 0.717) is 12.4 Å². The normalized spacial score (nSPS) is 11.0. The van der Waals surface area contributed by atoms with Gasteiger partial charge >= 0.3 is 5.97 Å². The molecule has 0 aliphatic carbocycles. The van der Waals surface area contributed by atoms with Crippen LogP contribution in [-0.2, 0) is 9.53 Å². The summed E-state index contributed by atoms with van der Waals surface area (Å²) in [5.74, 6) is 0.242. The standard InChI is InChI=1S/C17H19NO3/c1-4-20-16(19)17(2,3)21-14-10-8-13(9-11-14)15-7-5-6-12-18-15/h5-12H,4H2,1-3H3. The first-order valence-electron chi connectivity index (χ1n) is 6.90. The van der Waals surface area contributed by atoms with Gasteiger partial charge in [0, 0.05) is 11.8 Å². The van der Waals surface area contributed by atoms with Crippen LogP contribution in [0.3, 0.4) is 0 Å². The summed E-state index contributed by atoms with van der Waals surface area (Å²) in [5.41, 5.74) is 0.883. The quantitative estimate of drug-likeness (QED) is 0.789. The Morgan fingerprint density at radius 1 is 1.14 bits per heavy atom. The van der Waals surface area contributed by atoms with Gasteiger partial charge in [-0.2, -0.15) is 0 Å². The summed E-state index contributed by atoms with van der Waals surface area (Å²) < 4.78 is 10.7. The Labute approximate surface area is 124 Å². The lowest BCUT2D eigenvalue weighted by Gasteiger charge is -2.24. The fraction of sp³-hybridized carbons (Fsp3) is 0.294. The van der Waals surface area contributed by atoms with E-state index < -0.39 is 5.60 Å². The molecule has 0 radical (unpaired) electrons. The smallest absolute Gasteiger partial charge is 0.349 e. The molecular formula is C17H19NO3. The molecule has 2 aromatic rings. The number of carbonyl (C=O) groups excluding carboxylic acids is 1. The molecule has 0 fully saturated rings. The second-order valence-corrected chi connectivity index (χ2v) is 5.07. The number of nitrogens with zero attached hydrogens (tertiary/aromatic N) is 1. The molecule has 0 spiro atoms. The topological polar surface area (TPSA) is 48.4 Å². The molecule has 0 atom stereocenters. The summed E-state index contributed by atoms with van der Waals surface area (Å²) in [6, 6.07) is 13.2. The maximum atomic E-state index is 11.8. The third-order valence-electron chi connectivity index (χ3n) is 2.95. The molecule has 0 aliphatic heterocycles. The van der Waals surface area contributed by atoms with Crippen molar-refractivity contribution in [2.45, 2.75) is 26.4 Å². The van der Waals surface area contributed by atoms with Crippen molar-refractivity contribution in [2.24, 2.45) is 0 Å². The molecule has 0 amide bonds. The van der Waals surface area contributed by atoms with Gasteiger partial charge in [-0.25, -0.2) is 4.79 Å². The second-order valence-electron chi connectivity index (χ2n) is 5.07. The molecule has 4 heteroatoms. The van der Waals surface area contributed by atoms with E-state index in [1.54, 1.807) is 27.0 Å². The maximum Gasteiger partial charge on any atom is 0.349 e. The first-order valence-corrected chi connectivity index (χ1v) is 6.90. The molecule has 0 unspecified atom stereocenters. The van der Waals surface area contributed by atoms with Crippen LogP contribution < -0.4 is 4.74 Å². The minimum atomic E-state index is -1.01. The highest BCUT2D eigenvalue weighted by Gasteiger charge is 2.31. The highest BCUT2D eigenvalue weighted by molar-refractivity contribution is 5.79. The van der Waals surface area contributed by atoms with Gasteiger partial charge in [0.2, 0.25) is 0 Å². The van der Waals surface area contributed by atoms with Crippen molar-refractivity contribution in [1.82, 2.24) is 4.98 Å². The van der Waals surface area contributed by atoms with Crippen molar-refractivity contribution in [3.63, 3.8) is 0 Å². The highest BCUT2D eigenvalue weighted by atomic mass is 16.6. The average Bonchev–Trinajstić information content (AvgIpc) is 2.49. The minimum Gasteiger partial charge on any atom is -0.476 e. The van der Waals surface area contributed by atoms with Gasteiger partial charge in [0.05, 0.1) is 12.3 Å². The monoisotopic (exact) mass is 285 g/mol. The molecule has 1 heterocycles. The van der Waals surface area contributed by atoms with Crippen LogP contribution in [-0.4, -0.2) is 23.2 Å². The molecule has 0 N–H and O–H groups in total. The number of hydrogen-bond acceptors (Lipinski definition) is 4. The number of aromatic nitrogens is 1. The van der Waals surface area contributed by atoms with Crippen molar-refractivity contribution in [3.05, 3.63) is 48.7 Å². The van der Waals surface area contributed by atoms with Crippen molar-refractivity contribution in [3.8, 4) is 17.0 Å². The zero-order valence-electron chi connectivity index (χ0n) is 12.5. The van der Waals surface area contributed by atoms with Gasteiger partial charge < -0.3 is 9.47 Å². The summed E-state index contributed by atoms with van der Waals surface area (Å²) in [6.45, 7) is 5.50. The Morgan fingerprint density at radius 2 is 1.86 bits per heavy atom. The van der Waals surface area contributed by atoms with Crippen LogP contribution in [0.15, 0.2) is 48.7 Å². The predicted molar refractivity (Wildman–Crippen MR) is 81.0 cm³/mol. The van der Waals surface area contributed by atoms with E-state index >= 15 is 0 Å². The van der Waals surface area contributed by atoms with Crippen molar-refractivity contribution >= 4 is 5.97 Å². The fourth-order valence-electron chi connectivity index (χ4n) is 1.87. The van der Waals surface area contributed by atoms with Crippen LogP contribution >= 0.6 is 0 Å². The lowest BCUT2D eigenvalue weighted by Crippen LogP contribution is -2.39. The molecule has 1 aromatic heterocycles. The first kappa shape index (κ1) is 15.0. The molecule has 4 nitrogen and oxygen atoms in total. The van der Waals surface area contributed by atoms with Crippen molar-refractivity contribution in [1.29, 1.82) is 0 Å². The van der Waals surface area contributed by atoms with E-state index in [2.05, 4.69) is 4.98 Å². The zero-order valence-corrected chi connectivity index (χ0v) is 12.5. The van der Waals surface area contributed by atoms with Crippen LogP contribution in [0, 0.1) is 0 Å². The van der Waals surface area contributed by atoms with Crippen LogP contribution in [0.2, 0.25) is 0 Å². The van der Waals surface area contributed by atoms with E-state index in [1.807, 2.05) is 42.5 Å². The van der Waals surface area contributed by atoms with Gasteiger partial charge in [0.25, 0.3) is 0 Å². The molecule has 21 heavy (non-hydrogen) atoms. The summed E-state index contributed by atoms with van der Waals surface area (Å²) in [4.78, 5) is 16.1. The molecular weight excluding hydrogens is 266 g/mol. The number of hydrogen-bond donors (Lipinski definition) is 0. The lowest BCUT2D eigenvalue weighted by atomic mass is 10.1. The van der Waals surface area contributed by atoms with Gasteiger partial charge in [-0.15, -0.1) is 0 Å². The Bertz CT molecular complexity index is 591. The first-order chi connectivity index (χ1) is 10.0. The summed E-state index contributed by atoms with van der Waals surface area (Å²) in [5, 5.41) is 0. The number of rotatable bonds is 5. The number of ether oxygens (including phenoxy) is 2. The number of carbonyl (C=O) groups is 1. The summed E-state index contributed by atoms with van der Waals surface area (Å²) in [7, 11) is 0. The van der Waals surface area contributed by atoms with Crippen LogP contribution in [0.1, 0.15) is 20.8 Å². The van der Waals surface area contributed by atoms with E-state index in [9.17, 15) is 4.79 Å². The van der Waals surface area contributed by atoms with E-state index in [4.69, 9.17) is 9.47 Å². The Morgan fingerprint density at radius 3 is 2.43 bits per heavy atom. The van der Waals surface area contributed by atoms with Gasteiger partial charge in [-0.3, -0.25) is 4.98 Å². The molecule has 0 aliphatic rings. The lowest BCUT2D eigenvalue weighted by molar-refractivity contribution is -0.158. The minimum absolute atomic E-state index is 0.338. The highest BCUT2D eigenvalue weighted by Crippen LogP contribution is 2.23. The van der Waals surface area contributed by atoms with Crippen LogP contribution in [0.4, 0.5) is 0 Å². The number of esters is 1. The summed E-state index contributed by atoms with van der Waals surface area (Å²) in [6.07, 6.45) is 1.75. The predicted octanol–water partition coefficient (Wildman–Crippen LogP) is 3.47. The third kappa shape index (κ3) is 3.81. The third-order valence-corrected chi connectivity index (χ3v) is 2.95. The van der Waals surface area contributed by atoms with Crippen molar-refractivity contribution in [2.75, 3.05) is 6.61 Å². The molecule has 0 bridgehead atoms. The Kier molecular flexibility index (Phi) is 4.58. The largest absolute Gasteiger partial charge is 0.476 e. The second kappa shape index (κ2) is 6.39. The summed E-state index contributed by atoms with van der Waals surface area (Å²) >= 11 is 0. The van der Waals surface area contributed by atoms with Gasteiger partial charge in [-0.05, 0) is 57.2 Å². The van der Waals surface area contributed by atoms with Crippen molar-refractivity contribution < 1.29 is 14.3 Å². The Balaban J connectivity index is 2.11. The van der Waals surface area contributed by atoms with Crippen LogP contribution in [0.5, 0.6) is 5.75 Å². The van der Waals surface area contributed by atoms with E-state index in [1.165, 1.54) is 0 Å². The Hall–Kier alpha value is -2.36. The number of benzene rings is 1. The zero-order chi connectivity index (χ0) is 15.3. The SMILES string of the molecule is CCOC(=O)C(C)(C)Oc1ccc(-c2ccccn2)cc1. The average molecular weight is 285 g/mol. The van der Waals surface area contributed by atoms with E-state index in [-0.39, 0.29) is 5.97 Å². The molecule has 110 valence electrons. The van der Waals surface area contributed by atoms with Crippen LogP contribution in [0.25, 0.3) is 11.3 Å².